The monoisotopic (exact) mass is 281 g/mol. The van der Waals surface area contributed by atoms with E-state index in [1.807, 2.05) is 25.1 Å². The zero-order valence-electron chi connectivity index (χ0n) is 11.2. The van der Waals surface area contributed by atoms with Gasteiger partial charge in [0.05, 0.1) is 6.54 Å². The number of rotatable bonds is 7. The second kappa shape index (κ2) is 9.28. The van der Waals surface area contributed by atoms with E-state index in [1.54, 1.807) is 12.1 Å². The molecule has 1 aromatic rings. The number of ether oxygens (including phenoxy) is 1. The first kappa shape index (κ1) is 15.4. The molecule has 0 aromatic heterocycles. The second-order valence-electron chi connectivity index (χ2n) is 3.74. The Morgan fingerprint density at radius 2 is 2.32 bits per heavy atom. The van der Waals surface area contributed by atoms with Crippen LogP contribution in [0.3, 0.4) is 0 Å². The minimum atomic E-state index is 0.505. The second-order valence-corrected chi connectivity index (χ2v) is 4.17. The molecule has 4 nitrogen and oxygen atoms in total. The Morgan fingerprint density at radius 1 is 1.47 bits per heavy atom. The molecular weight excluding hydrogens is 262 g/mol. The molecule has 0 amide bonds. The molecular formula is C14H20ClN3O. The number of aliphatic imine (C=N–C) groups is 1. The van der Waals surface area contributed by atoms with Crippen molar-refractivity contribution in [1.82, 2.24) is 10.6 Å². The van der Waals surface area contributed by atoms with Gasteiger partial charge in [0.1, 0.15) is 12.4 Å². The minimum absolute atomic E-state index is 0.505. The van der Waals surface area contributed by atoms with Gasteiger partial charge in [0.25, 0.3) is 0 Å². The molecule has 0 fully saturated rings. The van der Waals surface area contributed by atoms with E-state index in [-0.39, 0.29) is 0 Å². The quantitative estimate of drug-likeness (QED) is 0.349. The highest BCUT2D eigenvalue weighted by molar-refractivity contribution is 6.30. The molecule has 1 aromatic carbocycles. The van der Waals surface area contributed by atoms with Crippen molar-refractivity contribution >= 4 is 17.6 Å². The van der Waals surface area contributed by atoms with Crippen LogP contribution < -0.4 is 15.4 Å². The number of guanidine groups is 1. The van der Waals surface area contributed by atoms with Crippen molar-refractivity contribution in [3.63, 3.8) is 0 Å². The van der Waals surface area contributed by atoms with Crippen LogP contribution in [-0.4, -0.2) is 32.2 Å². The van der Waals surface area contributed by atoms with E-state index in [4.69, 9.17) is 16.3 Å². The van der Waals surface area contributed by atoms with Crippen molar-refractivity contribution in [3.05, 3.63) is 41.9 Å². The summed E-state index contributed by atoms with van der Waals surface area (Å²) in [6.07, 6.45) is 1.79. The fourth-order valence-electron chi connectivity index (χ4n) is 1.39. The zero-order valence-corrected chi connectivity index (χ0v) is 11.9. The maximum Gasteiger partial charge on any atom is 0.191 e. The van der Waals surface area contributed by atoms with E-state index in [9.17, 15) is 0 Å². The van der Waals surface area contributed by atoms with Crippen molar-refractivity contribution < 1.29 is 4.74 Å². The van der Waals surface area contributed by atoms with Crippen LogP contribution in [0.5, 0.6) is 5.75 Å². The van der Waals surface area contributed by atoms with E-state index in [0.29, 0.717) is 24.7 Å². The van der Waals surface area contributed by atoms with Gasteiger partial charge in [-0.3, -0.25) is 0 Å². The highest BCUT2D eigenvalue weighted by atomic mass is 35.5. The van der Waals surface area contributed by atoms with E-state index in [0.717, 1.165) is 18.3 Å². The molecule has 0 atom stereocenters. The molecule has 0 unspecified atom stereocenters. The van der Waals surface area contributed by atoms with Gasteiger partial charge in [-0.15, -0.1) is 6.58 Å². The first-order valence-electron chi connectivity index (χ1n) is 6.27. The average molecular weight is 282 g/mol. The van der Waals surface area contributed by atoms with Crippen LogP contribution in [-0.2, 0) is 0 Å². The van der Waals surface area contributed by atoms with Crippen LogP contribution in [0.2, 0.25) is 5.02 Å². The summed E-state index contributed by atoms with van der Waals surface area (Å²) in [5.41, 5.74) is 0. The van der Waals surface area contributed by atoms with Crippen LogP contribution in [0.1, 0.15) is 6.92 Å². The normalized spacial score (nSPS) is 10.9. The summed E-state index contributed by atoms with van der Waals surface area (Å²) < 4.78 is 5.55. The van der Waals surface area contributed by atoms with Crippen molar-refractivity contribution in [2.24, 2.45) is 4.99 Å². The molecule has 0 spiro atoms. The molecule has 19 heavy (non-hydrogen) atoms. The first-order chi connectivity index (χ1) is 9.26. The third kappa shape index (κ3) is 6.72. The van der Waals surface area contributed by atoms with Gasteiger partial charge in [0.15, 0.2) is 5.96 Å². The highest BCUT2D eigenvalue weighted by Gasteiger charge is 1.96. The van der Waals surface area contributed by atoms with E-state index in [2.05, 4.69) is 22.2 Å². The largest absolute Gasteiger partial charge is 0.492 e. The summed E-state index contributed by atoms with van der Waals surface area (Å²) in [6, 6.07) is 7.33. The van der Waals surface area contributed by atoms with Crippen LogP contribution in [0, 0.1) is 0 Å². The summed E-state index contributed by atoms with van der Waals surface area (Å²) in [4.78, 5) is 4.38. The number of nitrogens with one attached hydrogen (secondary N) is 2. The summed E-state index contributed by atoms with van der Waals surface area (Å²) in [7, 11) is 0. The Bertz CT molecular complexity index is 421. The molecule has 0 saturated carbocycles. The Kier molecular flexibility index (Phi) is 7.51. The van der Waals surface area contributed by atoms with E-state index >= 15 is 0 Å². The Hall–Kier alpha value is -1.68. The number of benzene rings is 1. The van der Waals surface area contributed by atoms with Gasteiger partial charge < -0.3 is 15.4 Å². The van der Waals surface area contributed by atoms with Gasteiger partial charge >= 0.3 is 0 Å². The lowest BCUT2D eigenvalue weighted by atomic mass is 10.3. The molecule has 0 aliphatic carbocycles. The fourth-order valence-corrected chi connectivity index (χ4v) is 1.57. The zero-order chi connectivity index (χ0) is 13.9. The molecule has 1 rings (SSSR count). The molecule has 0 heterocycles. The Morgan fingerprint density at radius 3 is 3.00 bits per heavy atom. The SMILES string of the molecule is C=CCNC(=NCCOc1cccc(Cl)c1)NCC. The fraction of sp³-hybridized carbons (Fsp3) is 0.357. The molecule has 104 valence electrons. The number of hydrogen-bond acceptors (Lipinski definition) is 2. The molecule has 5 heteroatoms. The van der Waals surface area contributed by atoms with Crippen molar-refractivity contribution in [3.8, 4) is 5.75 Å². The third-order valence-corrected chi connectivity index (χ3v) is 2.42. The summed E-state index contributed by atoms with van der Waals surface area (Å²) >= 11 is 5.87. The molecule has 0 bridgehead atoms. The Balaban J connectivity index is 2.35. The van der Waals surface area contributed by atoms with Gasteiger partial charge in [-0.2, -0.15) is 0 Å². The van der Waals surface area contributed by atoms with Crippen LogP contribution in [0.25, 0.3) is 0 Å². The lowest BCUT2D eigenvalue weighted by Crippen LogP contribution is -2.37. The predicted molar refractivity (Wildman–Crippen MR) is 81.1 cm³/mol. The van der Waals surface area contributed by atoms with Gasteiger partial charge in [-0.25, -0.2) is 4.99 Å². The average Bonchev–Trinajstić information content (AvgIpc) is 2.41. The van der Waals surface area contributed by atoms with Crippen molar-refractivity contribution in [1.29, 1.82) is 0 Å². The van der Waals surface area contributed by atoms with Crippen molar-refractivity contribution in [2.75, 3.05) is 26.2 Å². The maximum atomic E-state index is 5.87. The molecule has 0 radical (unpaired) electrons. The minimum Gasteiger partial charge on any atom is -0.492 e. The van der Waals surface area contributed by atoms with Gasteiger partial charge in [-0.05, 0) is 25.1 Å². The van der Waals surface area contributed by atoms with Crippen LogP contribution in [0.15, 0.2) is 41.9 Å². The predicted octanol–water partition coefficient (Wildman–Crippen LogP) is 2.46. The van der Waals surface area contributed by atoms with E-state index in [1.165, 1.54) is 0 Å². The van der Waals surface area contributed by atoms with Gasteiger partial charge in [0.2, 0.25) is 0 Å². The number of hydrogen-bond donors (Lipinski definition) is 2. The van der Waals surface area contributed by atoms with Gasteiger partial charge in [-0.1, -0.05) is 23.7 Å². The molecule has 0 aliphatic heterocycles. The first-order valence-corrected chi connectivity index (χ1v) is 6.65. The summed E-state index contributed by atoms with van der Waals surface area (Å²) in [5.74, 6) is 1.52. The summed E-state index contributed by atoms with van der Waals surface area (Å²) in [5, 5.41) is 6.93. The maximum absolute atomic E-state index is 5.87. The highest BCUT2D eigenvalue weighted by Crippen LogP contribution is 2.16. The summed E-state index contributed by atoms with van der Waals surface area (Å²) in [6.45, 7) is 8.25. The third-order valence-electron chi connectivity index (χ3n) is 2.18. The Labute approximate surface area is 119 Å². The van der Waals surface area contributed by atoms with Crippen LogP contribution in [0.4, 0.5) is 0 Å². The van der Waals surface area contributed by atoms with E-state index < -0.39 is 0 Å². The van der Waals surface area contributed by atoms with Gasteiger partial charge in [0, 0.05) is 18.1 Å². The molecule has 2 N–H and O–H groups in total. The molecule has 0 aliphatic rings. The number of nitrogens with zero attached hydrogens (tertiary/aromatic N) is 1. The smallest absolute Gasteiger partial charge is 0.191 e. The standard InChI is InChI=1S/C14H20ClN3O/c1-3-8-17-14(16-4-2)18-9-10-19-13-7-5-6-12(15)11-13/h3,5-7,11H,1,4,8-10H2,2H3,(H2,16,17,18). The number of halogens is 1. The van der Waals surface area contributed by atoms with Crippen molar-refractivity contribution in [2.45, 2.75) is 6.92 Å². The lowest BCUT2D eigenvalue weighted by molar-refractivity contribution is 0.328. The topological polar surface area (TPSA) is 45.7 Å². The van der Waals surface area contributed by atoms with Crippen LogP contribution >= 0.6 is 11.6 Å². The lowest BCUT2D eigenvalue weighted by Gasteiger charge is -2.09. The molecule has 0 saturated heterocycles.